The van der Waals surface area contributed by atoms with Gasteiger partial charge in [-0.05, 0) is 24.6 Å². The zero-order valence-corrected chi connectivity index (χ0v) is 11.9. The van der Waals surface area contributed by atoms with Gasteiger partial charge >= 0.3 is 0 Å². The maximum absolute atomic E-state index is 11.9. The first kappa shape index (κ1) is 14.7. The number of aliphatic hydroxyl groups excluding tert-OH is 1. The smallest absolute Gasteiger partial charge is 0.297 e. The summed E-state index contributed by atoms with van der Waals surface area (Å²) in [4.78, 5) is 0.0864. The molecule has 2 aromatic carbocycles. The quantitative estimate of drug-likeness (QED) is 0.860. The predicted octanol–water partition coefficient (Wildman–Crippen LogP) is 2.43. The topological polar surface area (TPSA) is 63.6 Å². The first-order valence-electron chi connectivity index (χ1n) is 6.18. The molecule has 0 aliphatic carbocycles. The monoisotopic (exact) mass is 292 g/mol. The Morgan fingerprint density at radius 1 is 1.05 bits per heavy atom. The Hall–Kier alpha value is -1.69. The van der Waals surface area contributed by atoms with E-state index < -0.39 is 16.2 Å². The fourth-order valence-electron chi connectivity index (χ4n) is 1.70. The number of rotatable bonds is 5. The minimum atomic E-state index is -3.84. The van der Waals surface area contributed by atoms with Gasteiger partial charge in [-0.2, -0.15) is 8.42 Å². The molecule has 0 saturated carbocycles. The lowest BCUT2D eigenvalue weighted by Crippen LogP contribution is -2.13. The fraction of sp³-hybridized carbons (Fsp3) is 0.200. The summed E-state index contributed by atoms with van der Waals surface area (Å²) in [6.07, 6.45) is -0.976. The van der Waals surface area contributed by atoms with Crippen molar-refractivity contribution in [1.82, 2.24) is 0 Å². The predicted molar refractivity (Wildman–Crippen MR) is 75.7 cm³/mol. The summed E-state index contributed by atoms with van der Waals surface area (Å²) in [5.41, 5.74) is 1.58. The van der Waals surface area contributed by atoms with Crippen LogP contribution < -0.4 is 0 Å². The molecular formula is C15H16O4S. The fourth-order valence-corrected chi connectivity index (χ4v) is 2.61. The standard InChI is InChI=1S/C15H16O4S/c1-12-7-9-14(10-8-12)20(17,18)19-11-15(16)13-5-3-2-4-6-13/h2-10,15-16H,11H2,1H3/t15-/m1/s1. The summed E-state index contributed by atoms with van der Waals surface area (Å²) >= 11 is 0. The molecule has 0 bridgehead atoms. The number of benzene rings is 2. The molecule has 0 aliphatic rings. The number of hydrogen-bond acceptors (Lipinski definition) is 4. The SMILES string of the molecule is Cc1ccc(S(=O)(=O)OC[C@@H](O)c2ccccc2)cc1. The van der Waals surface area contributed by atoms with Crippen molar-refractivity contribution in [2.45, 2.75) is 17.9 Å². The van der Waals surface area contributed by atoms with E-state index in [1.165, 1.54) is 12.1 Å². The van der Waals surface area contributed by atoms with Crippen molar-refractivity contribution in [1.29, 1.82) is 0 Å². The molecule has 0 radical (unpaired) electrons. The van der Waals surface area contributed by atoms with Crippen LogP contribution in [0.25, 0.3) is 0 Å². The van der Waals surface area contributed by atoms with Crippen LogP contribution >= 0.6 is 0 Å². The summed E-state index contributed by atoms with van der Waals surface area (Å²) < 4.78 is 28.8. The second-order valence-corrected chi connectivity index (χ2v) is 6.09. The van der Waals surface area contributed by atoms with Crippen LogP contribution in [0.4, 0.5) is 0 Å². The molecule has 0 spiro atoms. The number of hydrogen-bond donors (Lipinski definition) is 1. The van der Waals surface area contributed by atoms with Crippen LogP contribution in [0.2, 0.25) is 0 Å². The first-order chi connectivity index (χ1) is 9.49. The summed E-state index contributed by atoms with van der Waals surface area (Å²) in [7, 11) is -3.84. The van der Waals surface area contributed by atoms with Crippen LogP contribution in [0.5, 0.6) is 0 Å². The molecule has 1 N–H and O–H groups in total. The molecule has 2 rings (SSSR count). The van der Waals surface area contributed by atoms with Gasteiger partial charge in [-0.25, -0.2) is 0 Å². The zero-order valence-electron chi connectivity index (χ0n) is 11.1. The summed E-state index contributed by atoms with van der Waals surface area (Å²) in [5, 5.41) is 9.89. The molecule has 4 nitrogen and oxygen atoms in total. The Morgan fingerprint density at radius 3 is 2.25 bits per heavy atom. The van der Waals surface area contributed by atoms with Gasteiger partial charge in [0.05, 0.1) is 11.5 Å². The number of aliphatic hydroxyl groups is 1. The minimum Gasteiger partial charge on any atom is -0.386 e. The molecule has 5 heteroatoms. The van der Waals surface area contributed by atoms with E-state index in [1.54, 1.807) is 36.4 Å². The Balaban J connectivity index is 2.04. The van der Waals surface area contributed by atoms with E-state index in [0.717, 1.165) is 5.56 Å². The van der Waals surface area contributed by atoms with Crippen molar-refractivity contribution in [3.05, 3.63) is 65.7 Å². The van der Waals surface area contributed by atoms with E-state index in [-0.39, 0.29) is 11.5 Å². The van der Waals surface area contributed by atoms with Gasteiger partial charge < -0.3 is 5.11 Å². The highest BCUT2D eigenvalue weighted by Gasteiger charge is 2.17. The van der Waals surface area contributed by atoms with E-state index >= 15 is 0 Å². The highest BCUT2D eigenvalue weighted by Crippen LogP contribution is 2.17. The Kier molecular flexibility index (Phi) is 4.54. The molecule has 0 aromatic heterocycles. The van der Waals surface area contributed by atoms with Crippen LogP contribution in [0.3, 0.4) is 0 Å². The van der Waals surface area contributed by atoms with Crippen LogP contribution in [-0.2, 0) is 14.3 Å². The van der Waals surface area contributed by atoms with Crippen molar-refractivity contribution in [3.63, 3.8) is 0 Å². The van der Waals surface area contributed by atoms with Crippen molar-refractivity contribution in [2.24, 2.45) is 0 Å². The largest absolute Gasteiger partial charge is 0.386 e. The van der Waals surface area contributed by atoms with E-state index in [9.17, 15) is 13.5 Å². The molecule has 2 aromatic rings. The maximum Gasteiger partial charge on any atom is 0.297 e. The first-order valence-corrected chi connectivity index (χ1v) is 7.59. The van der Waals surface area contributed by atoms with E-state index in [4.69, 9.17) is 4.18 Å². The van der Waals surface area contributed by atoms with E-state index in [0.29, 0.717) is 5.56 Å². The third kappa shape index (κ3) is 3.66. The van der Waals surface area contributed by atoms with Gasteiger partial charge in [0.1, 0.15) is 6.10 Å². The van der Waals surface area contributed by atoms with Crippen molar-refractivity contribution in [3.8, 4) is 0 Å². The van der Waals surface area contributed by atoms with E-state index in [1.807, 2.05) is 13.0 Å². The molecular weight excluding hydrogens is 276 g/mol. The zero-order chi connectivity index (χ0) is 14.6. The molecule has 0 aliphatic heterocycles. The second kappa shape index (κ2) is 6.17. The van der Waals surface area contributed by atoms with Crippen LogP contribution in [0, 0.1) is 6.92 Å². The van der Waals surface area contributed by atoms with Crippen molar-refractivity contribution < 1.29 is 17.7 Å². The Labute approximate surface area is 118 Å². The molecule has 20 heavy (non-hydrogen) atoms. The van der Waals surface area contributed by atoms with Crippen LogP contribution in [0.15, 0.2) is 59.5 Å². The van der Waals surface area contributed by atoms with Crippen LogP contribution in [-0.4, -0.2) is 20.1 Å². The van der Waals surface area contributed by atoms with Crippen LogP contribution in [0.1, 0.15) is 17.2 Å². The normalized spacial score (nSPS) is 13.1. The highest BCUT2D eigenvalue weighted by molar-refractivity contribution is 7.86. The third-order valence-electron chi connectivity index (χ3n) is 2.88. The second-order valence-electron chi connectivity index (χ2n) is 4.48. The Bertz CT molecular complexity index is 648. The third-order valence-corrected chi connectivity index (χ3v) is 4.17. The van der Waals surface area contributed by atoms with Gasteiger partial charge in [-0.1, -0.05) is 48.0 Å². The highest BCUT2D eigenvalue weighted by atomic mass is 32.2. The lowest BCUT2D eigenvalue weighted by atomic mass is 10.1. The van der Waals surface area contributed by atoms with Gasteiger partial charge in [0, 0.05) is 0 Å². The summed E-state index contributed by atoms with van der Waals surface area (Å²) in [6, 6.07) is 15.2. The average molecular weight is 292 g/mol. The van der Waals surface area contributed by atoms with Gasteiger partial charge in [0.25, 0.3) is 10.1 Å². The van der Waals surface area contributed by atoms with Gasteiger partial charge in [-0.3, -0.25) is 4.18 Å². The summed E-state index contributed by atoms with van der Waals surface area (Å²) in [6.45, 7) is 1.57. The minimum absolute atomic E-state index is 0.0864. The molecule has 0 unspecified atom stereocenters. The molecule has 0 saturated heterocycles. The number of aryl methyl sites for hydroxylation is 1. The van der Waals surface area contributed by atoms with Gasteiger partial charge in [0.15, 0.2) is 0 Å². The molecule has 1 atom stereocenters. The lowest BCUT2D eigenvalue weighted by Gasteiger charge is -2.11. The molecule has 0 amide bonds. The maximum atomic E-state index is 11.9. The Morgan fingerprint density at radius 2 is 1.65 bits per heavy atom. The van der Waals surface area contributed by atoms with Gasteiger partial charge in [-0.15, -0.1) is 0 Å². The van der Waals surface area contributed by atoms with E-state index in [2.05, 4.69) is 0 Å². The molecule has 0 heterocycles. The lowest BCUT2D eigenvalue weighted by molar-refractivity contribution is 0.111. The van der Waals surface area contributed by atoms with Crippen molar-refractivity contribution in [2.75, 3.05) is 6.61 Å². The van der Waals surface area contributed by atoms with Crippen molar-refractivity contribution >= 4 is 10.1 Å². The average Bonchev–Trinajstić information content (AvgIpc) is 2.46. The molecule has 106 valence electrons. The van der Waals surface area contributed by atoms with Gasteiger partial charge in [0.2, 0.25) is 0 Å². The summed E-state index contributed by atoms with van der Waals surface area (Å²) in [5.74, 6) is 0. The molecule has 0 fully saturated rings.